The van der Waals surface area contributed by atoms with Crippen molar-refractivity contribution in [1.82, 2.24) is 4.98 Å². The van der Waals surface area contributed by atoms with Crippen molar-refractivity contribution in [1.29, 1.82) is 0 Å². The maximum absolute atomic E-state index is 5.93. The first-order valence-corrected chi connectivity index (χ1v) is 7.86. The van der Waals surface area contributed by atoms with Crippen LogP contribution in [0.2, 0.25) is 0 Å². The van der Waals surface area contributed by atoms with Gasteiger partial charge in [0.1, 0.15) is 0 Å². The van der Waals surface area contributed by atoms with Crippen molar-refractivity contribution in [3.8, 4) is 0 Å². The highest BCUT2D eigenvalue weighted by Crippen LogP contribution is 2.32. The van der Waals surface area contributed by atoms with Gasteiger partial charge in [-0.3, -0.25) is 0 Å². The lowest BCUT2D eigenvalue weighted by Gasteiger charge is -2.06. The van der Waals surface area contributed by atoms with E-state index in [-0.39, 0.29) is 0 Å². The minimum absolute atomic E-state index is 0.863. The van der Waals surface area contributed by atoms with Gasteiger partial charge in [-0.1, -0.05) is 36.0 Å². The second-order valence-electron chi connectivity index (χ2n) is 4.37. The smallest absolute Gasteiger partial charge is 0.151 e. The van der Waals surface area contributed by atoms with E-state index in [0.29, 0.717) is 0 Å². The van der Waals surface area contributed by atoms with Gasteiger partial charge in [0.15, 0.2) is 4.34 Å². The zero-order valence-electron chi connectivity index (χ0n) is 10.6. The van der Waals surface area contributed by atoms with Crippen LogP contribution in [0.4, 0.5) is 5.69 Å². The Bertz CT molecular complexity index is 686. The minimum atomic E-state index is 0.863. The molecule has 1 heterocycles. The van der Waals surface area contributed by atoms with Crippen LogP contribution in [0.1, 0.15) is 11.1 Å². The van der Waals surface area contributed by atoms with E-state index in [1.807, 2.05) is 18.2 Å². The van der Waals surface area contributed by atoms with E-state index in [4.69, 9.17) is 5.73 Å². The van der Waals surface area contributed by atoms with Crippen molar-refractivity contribution in [3.05, 3.63) is 53.6 Å². The van der Waals surface area contributed by atoms with Crippen molar-refractivity contribution >= 4 is 39.0 Å². The molecular weight excluding hydrogens is 272 g/mol. The van der Waals surface area contributed by atoms with Crippen LogP contribution in [-0.4, -0.2) is 4.98 Å². The van der Waals surface area contributed by atoms with Crippen LogP contribution in [0, 0.1) is 6.92 Å². The lowest BCUT2D eigenvalue weighted by Crippen LogP contribution is -1.93. The van der Waals surface area contributed by atoms with Gasteiger partial charge in [-0.25, -0.2) is 4.98 Å². The van der Waals surface area contributed by atoms with E-state index >= 15 is 0 Å². The zero-order valence-corrected chi connectivity index (χ0v) is 12.2. The predicted molar refractivity (Wildman–Crippen MR) is 84.8 cm³/mol. The standard InChI is InChI=1S/C15H14N2S2/c1-10-11(5-4-6-12(10)16)9-18-15-17-13-7-2-3-8-14(13)19-15/h2-8H,9,16H2,1H3. The Morgan fingerprint density at radius 3 is 2.84 bits per heavy atom. The monoisotopic (exact) mass is 286 g/mol. The van der Waals surface area contributed by atoms with Crippen LogP contribution in [-0.2, 0) is 5.75 Å². The molecule has 0 aliphatic heterocycles. The molecule has 0 bridgehead atoms. The molecule has 0 radical (unpaired) electrons. The summed E-state index contributed by atoms with van der Waals surface area (Å²) in [6, 6.07) is 14.3. The number of fused-ring (bicyclic) bond motifs is 1. The van der Waals surface area contributed by atoms with Gasteiger partial charge in [-0.05, 0) is 36.2 Å². The summed E-state index contributed by atoms with van der Waals surface area (Å²) in [6.07, 6.45) is 0. The Morgan fingerprint density at radius 1 is 1.16 bits per heavy atom. The molecule has 0 atom stereocenters. The van der Waals surface area contributed by atoms with Gasteiger partial charge in [-0.2, -0.15) is 0 Å². The molecule has 3 rings (SSSR count). The first kappa shape index (κ1) is 12.5. The summed E-state index contributed by atoms with van der Waals surface area (Å²) in [6.45, 7) is 2.07. The molecule has 0 aliphatic rings. The van der Waals surface area contributed by atoms with Crippen molar-refractivity contribution in [2.45, 2.75) is 17.0 Å². The third-order valence-electron chi connectivity index (χ3n) is 3.11. The largest absolute Gasteiger partial charge is 0.399 e. The number of hydrogen-bond donors (Lipinski definition) is 1. The Balaban J connectivity index is 1.80. The number of para-hydroxylation sites is 1. The fourth-order valence-electron chi connectivity index (χ4n) is 1.91. The molecule has 0 spiro atoms. The van der Waals surface area contributed by atoms with Crippen LogP contribution < -0.4 is 5.73 Å². The number of benzene rings is 2. The molecular formula is C15H14N2S2. The Labute approximate surface area is 120 Å². The van der Waals surface area contributed by atoms with Crippen LogP contribution in [0.15, 0.2) is 46.8 Å². The quantitative estimate of drug-likeness (QED) is 0.570. The molecule has 4 heteroatoms. The van der Waals surface area contributed by atoms with Gasteiger partial charge in [0.2, 0.25) is 0 Å². The number of rotatable bonds is 3. The molecule has 0 amide bonds. The molecule has 19 heavy (non-hydrogen) atoms. The van der Waals surface area contributed by atoms with Gasteiger partial charge in [0, 0.05) is 11.4 Å². The third kappa shape index (κ3) is 2.60. The summed E-state index contributed by atoms with van der Waals surface area (Å²) >= 11 is 3.52. The van der Waals surface area contributed by atoms with E-state index in [1.54, 1.807) is 23.1 Å². The summed E-state index contributed by atoms with van der Waals surface area (Å²) < 4.78 is 2.36. The first-order valence-electron chi connectivity index (χ1n) is 6.06. The average Bonchev–Trinajstić information content (AvgIpc) is 2.83. The third-order valence-corrected chi connectivity index (χ3v) is 5.34. The van der Waals surface area contributed by atoms with Crippen molar-refractivity contribution in [2.24, 2.45) is 0 Å². The highest BCUT2D eigenvalue weighted by molar-refractivity contribution is 8.00. The lowest BCUT2D eigenvalue weighted by atomic mass is 10.1. The highest BCUT2D eigenvalue weighted by Gasteiger charge is 2.06. The van der Waals surface area contributed by atoms with Gasteiger partial charge >= 0.3 is 0 Å². The van der Waals surface area contributed by atoms with Crippen molar-refractivity contribution < 1.29 is 0 Å². The van der Waals surface area contributed by atoms with E-state index in [1.165, 1.54) is 15.8 Å². The molecule has 3 aromatic rings. The van der Waals surface area contributed by atoms with E-state index in [9.17, 15) is 0 Å². The molecule has 0 aliphatic carbocycles. The molecule has 0 saturated heterocycles. The summed E-state index contributed by atoms with van der Waals surface area (Å²) in [5.74, 6) is 0.913. The van der Waals surface area contributed by atoms with Gasteiger partial charge in [0.25, 0.3) is 0 Å². The summed E-state index contributed by atoms with van der Waals surface area (Å²) in [4.78, 5) is 4.63. The minimum Gasteiger partial charge on any atom is -0.399 e. The number of aromatic nitrogens is 1. The topological polar surface area (TPSA) is 38.9 Å². The second-order valence-corrected chi connectivity index (χ2v) is 6.62. The number of hydrogen-bond acceptors (Lipinski definition) is 4. The Kier molecular flexibility index (Phi) is 3.44. The fourth-order valence-corrected chi connectivity index (χ4v) is 4.05. The number of thiazole rings is 1. The van der Waals surface area contributed by atoms with E-state index in [0.717, 1.165) is 21.3 Å². The second kappa shape index (κ2) is 5.23. The number of thioether (sulfide) groups is 1. The predicted octanol–water partition coefficient (Wildman–Crippen LogP) is 4.48. The van der Waals surface area contributed by atoms with Crippen LogP contribution >= 0.6 is 23.1 Å². The number of nitrogens with two attached hydrogens (primary N) is 1. The van der Waals surface area contributed by atoms with Gasteiger partial charge in [-0.15, -0.1) is 11.3 Å². The summed E-state index contributed by atoms with van der Waals surface area (Å²) in [5.41, 5.74) is 10.3. The van der Waals surface area contributed by atoms with E-state index in [2.05, 4.69) is 36.2 Å². The molecule has 2 nitrogen and oxygen atoms in total. The average molecular weight is 286 g/mol. The molecule has 96 valence electrons. The SMILES string of the molecule is Cc1c(N)cccc1CSc1nc2ccccc2s1. The Hall–Kier alpha value is -1.52. The maximum Gasteiger partial charge on any atom is 0.151 e. The summed E-state index contributed by atoms with van der Waals surface area (Å²) in [7, 11) is 0. The van der Waals surface area contributed by atoms with Crippen LogP contribution in [0.25, 0.3) is 10.2 Å². The van der Waals surface area contributed by atoms with Gasteiger partial charge in [0.05, 0.1) is 10.2 Å². The lowest BCUT2D eigenvalue weighted by molar-refractivity contribution is 1.27. The van der Waals surface area contributed by atoms with Crippen molar-refractivity contribution in [2.75, 3.05) is 5.73 Å². The Morgan fingerprint density at radius 2 is 2.00 bits per heavy atom. The molecule has 0 unspecified atom stereocenters. The van der Waals surface area contributed by atoms with Crippen LogP contribution in [0.3, 0.4) is 0 Å². The number of nitrogen functional groups attached to an aromatic ring is 1. The number of anilines is 1. The first-order chi connectivity index (χ1) is 9.24. The molecule has 2 N–H and O–H groups in total. The molecule has 2 aromatic carbocycles. The van der Waals surface area contributed by atoms with Crippen LogP contribution in [0.5, 0.6) is 0 Å². The normalized spacial score (nSPS) is 11.0. The molecule has 0 fully saturated rings. The summed E-state index contributed by atoms with van der Waals surface area (Å²) in [5, 5.41) is 0. The number of nitrogens with zero attached hydrogens (tertiary/aromatic N) is 1. The highest BCUT2D eigenvalue weighted by atomic mass is 32.2. The molecule has 0 saturated carbocycles. The van der Waals surface area contributed by atoms with Crippen molar-refractivity contribution in [3.63, 3.8) is 0 Å². The van der Waals surface area contributed by atoms with E-state index < -0.39 is 0 Å². The van der Waals surface area contributed by atoms with Gasteiger partial charge < -0.3 is 5.73 Å². The molecule has 1 aromatic heterocycles. The fraction of sp³-hybridized carbons (Fsp3) is 0.133. The zero-order chi connectivity index (χ0) is 13.2. The maximum atomic E-state index is 5.93.